The molecule has 0 atom stereocenters. The van der Waals surface area contributed by atoms with Gasteiger partial charge in [-0.25, -0.2) is 0 Å². The van der Waals surface area contributed by atoms with Crippen LogP contribution >= 0.6 is 0 Å². The number of anilines is 3. The Labute approximate surface area is 329 Å². The fourth-order valence-electron chi connectivity index (χ4n) is 8.87. The molecule has 1 nitrogen and oxygen atoms in total. The summed E-state index contributed by atoms with van der Waals surface area (Å²) in [5.41, 5.74) is 18.1. The standard InChI is InChI=1S/C55H41N/c1-55(2)51-26-14-13-23-48(51)49-35-34-45(37-52(49)55)56(44-32-30-40(31-33-44)38-16-5-3-6-17-38)53-27-15-25-47(43-29-28-39-18-9-10-21-42(39)36-43)54(53)50-24-12-11-22-46(50)41-19-7-4-8-20-41/h3-37H,1-2H3. The van der Waals surface area contributed by atoms with E-state index in [0.717, 1.165) is 17.1 Å². The molecule has 0 heterocycles. The largest absolute Gasteiger partial charge is 0.310 e. The van der Waals surface area contributed by atoms with Crippen LogP contribution in [0.3, 0.4) is 0 Å². The average Bonchev–Trinajstić information content (AvgIpc) is 3.49. The third kappa shape index (κ3) is 5.72. The van der Waals surface area contributed by atoms with E-state index in [-0.39, 0.29) is 5.41 Å². The highest BCUT2D eigenvalue weighted by atomic mass is 15.1. The first-order valence-electron chi connectivity index (χ1n) is 19.5. The molecule has 0 aliphatic heterocycles. The zero-order valence-electron chi connectivity index (χ0n) is 31.7. The summed E-state index contributed by atoms with van der Waals surface area (Å²) in [6.07, 6.45) is 0. The Morgan fingerprint density at radius 2 is 0.875 bits per heavy atom. The van der Waals surface area contributed by atoms with Gasteiger partial charge in [0.15, 0.2) is 0 Å². The van der Waals surface area contributed by atoms with Gasteiger partial charge in [0.05, 0.1) is 5.69 Å². The lowest BCUT2D eigenvalue weighted by atomic mass is 9.82. The Bertz CT molecular complexity index is 2870. The number of benzene rings is 9. The first-order chi connectivity index (χ1) is 27.5. The molecule has 0 saturated heterocycles. The molecule has 0 bridgehead atoms. The van der Waals surface area contributed by atoms with E-state index in [1.807, 2.05) is 0 Å². The fraction of sp³-hybridized carbons (Fsp3) is 0.0545. The summed E-state index contributed by atoms with van der Waals surface area (Å²) in [5.74, 6) is 0. The Kier molecular flexibility index (Phi) is 8.23. The molecule has 10 rings (SSSR count). The molecule has 0 spiro atoms. The highest BCUT2D eigenvalue weighted by Crippen LogP contribution is 2.53. The van der Waals surface area contributed by atoms with Gasteiger partial charge in [-0.05, 0) is 108 Å². The Morgan fingerprint density at radius 1 is 0.321 bits per heavy atom. The van der Waals surface area contributed by atoms with Gasteiger partial charge in [-0.2, -0.15) is 0 Å². The maximum Gasteiger partial charge on any atom is 0.0546 e. The molecule has 9 aromatic rings. The van der Waals surface area contributed by atoms with Crippen LogP contribution < -0.4 is 4.90 Å². The van der Waals surface area contributed by atoms with Crippen molar-refractivity contribution in [1.29, 1.82) is 0 Å². The fourth-order valence-corrected chi connectivity index (χ4v) is 8.87. The van der Waals surface area contributed by atoms with Gasteiger partial charge in [0.25, 0.3) is 0 Å². The molecule has 56 heavy (non-hydrogen) atoms. The highest BCUT2D eigenvalue weighted by Gasteiger charge is 2.36. The normalized spacial score (nSPS) is 12.6. The predicted molar refractivity (Wildman–Crippen MR) is 238 cm³/mol. The number of hydrogen-bond acceptors (Lipinski definition) is 1. The summed E-state index contributed by atoms with van der Waals surface area (Å²) in [4.78, 5) is 2.48. The van der Waals surface area contributed by atoms with Gasteiger partial charge in [0.1, 0.15) is 0 Å². The second kappa shape index (κ2) is 13.7. The summed E-state index contributed by atoms with van der Waals surface area (Å²) < 4.78 is 0. The van der Waals surface area contributed by atoms with Gasteiger partial charge in [-0.3, -0.25) is 0 Å². The van der Waals surface area contributed by atoms with E-state index < -0.39 is 0 Å². The summed E-state index contributed by atoms with van der Waals surface area (Å²) in [6, 6.07) is 77.8. The maximum absolute atomic E-state index is 2.48. The van der Waals surface area contributed by atoms with E-state index in [1.165, 1.54) is 77.5 Å². The van der Waals surface area contributed by atoms with E-state index in [2.05, 4.69) is 231 Å². The first kappa shape index (κ1) is 33.6. The molecule has 0 radical (unpaired) electrons. The van der Waals surface area contributed by atoms with Crippen molar-refractivity contribution in [3.63, 3.8) is 0 Å². The third-order valence-corrected chi connectivity index (χ3v) is 11.7. The molecule has 266 valence electrons. The first-order valence-corrected chi connectivity index (χ1v) is 19.5. The van der Waals surface area contributed by atoms with Crippen molar-refractivity contribution >= 4 is 27.8 Å². The molecular formula is C55H41N. The quantitative estimate of drug-likeness (QED) is 0.159. The monoisotopic (exact) mass is 715 g/mol. The smallest absolute Gasteiger partial charge is 0.0546 e. The Morgan fingerprint density at radius 3 is 1.64 bits per heavy atom. The van der Waals surface area contributed by atoms with Crippen molar-refractivity contribution < 1.29 is 0 Å². The minimum atomic E-state index is -0.138. The summed E-state index contributed by atoms with van der Waals surface area (Å²) in [6.45, 7) is 4.73. The molecule has 0 N–H and O–H groups in total. The SMILES string of the molecule is CC1(C)c2ccccc2-c2ccc(N(c3ccc(-c4ccccc4)cc3)c3cccc(-c4ccc5ccccc5c4)c3-c3ccccc3-c3ccccc3)cc21. The second-order valence-corrected chi connectivity index (χ2v) is 15.3. The van der Waals surface area contributed by atoms with Gasteiger partial charge in [-0.15, -0.1) is 0 Å². The van der Waals surface area contributed by atoms with Crippen LogP contribution in [0.2, 0.25) is 0 Å². The molecule has 0 amide bonds. The van der Waals surface area contributed by atoms with Gasteiger partial charge < -0.3 is 4.90 Å². The van der Waals surface area contributed by atoms with Crippen molar-refractivity contribution in [3.8, 4) is 55.6 Å². The molecule has 1 aliphatic carbocycles. The lowest BCUT2D eigenvalue weighted by Crippen LogP contribution is -2.17. The third-order valence-electron chi connectivity index (χ3n) is 11.7. The van der Waals surface area contributed by atoms with E-state index >= 15 is 0 Å². The van der Waals surface area contributed by atoms with Crippen LogP contribution in [0.15, 0.2) is 212 Å². The van der Waals surface area contributed by atoms with Crippen molar-refractivity contribution in [1.82, 2.24) is 0 Å². The van der Waals surface area contributed by atoms with Gasteiger partial charge in [0, 0.05) is 22.4 Å². The molecule has 1 aliphatic rings. The van der Waals surface area contributed by atoms with Gasteiger partial charge >= 0.3 is 0 Å². The lowest BCUT2D eigenvalue weighted by molar-refractivity contribution is 0.660. The zero-order chi connectivity index (χ0) is 37.6. The Hall–Kier alpha value is -6.96. The van der Waals surface area contributed by atoms with E-state index in [0.29, 0.717) is 0 Å². The highest BCUT2D eigenvalue weighted by molar-refractivity contribution is 6.02. The minimum absolute atomic E-state index is 0.138. The van der Waals surface area contributed by atoms with Crippen LogP contribution in [0.1, 0.15) is 25.0 Å². The van der Waals surface area contributed by atoms with Crippen LogP contribution in [0, 0.1) is 0 Å². The van der Waals surface area contributed by atoms with Crippen LogP contribution in [-0.2, 0) is 5.41 Å². The summed E-state index contributed by atoms with van der Waals surface area (Å²) in [7, 11) is 0. The predicted octanol–water partition coefficient (Wildman–Crippen LogP) is 15.3. The second-order valence-electron chi connectivity index (χ2n) is 15.3. The number of rotatable bonds is 7. The van der Waals surface area contributed by atoms with Crippen molar-refractivity contribution in [2.75, 3.05) is 4.90 Å². The summed E-state index contributed by atoms with van der Waals surface area (Å²) in [5, 5.41) is 2.46. The Balaban J connectivity index is 1.25. The number of fused-ring (bicyclic) bond motifs is 4. The van der Waals surface area contributed by atoms with Crippen LogP contribution in [0.25, 0.3) is 66.4 Å². The summed E-state index contributed by atoms with van der Waals surface area (Å²) >= 11 is 0. The maximum atomic E-state index is 2.48. The molecule has 0 unspecified atom stereocenters. The molecular weight excluding hydrogens is 675 g/mol. The van der Waals surface area contributed by atoms with Crippen LogP contribution in [0.5, 0.6) is 0 Å². The van der Waals surface area contributed by atoms with E-state index in [1.54, 1.807) is 0 Å². The van der Waals surface area contributed by atoms with Crippen LogP contribution in [-0.4, -0.2) is 0 Å². The minimum Gasteiger partial charge on any atom is -0.310 e. The van der Waals surface area contributed by atoms with E-state index in [4.69, 9.17) is 0 Å². The van der Waals surface area contributed by atoms with Crippen LogP contribution in [0.4, 0.5) is 17.1 Å². The molecule has 9 aromatic carbocycles. The zero-order valence-corrected chi connectivity index (χ0v) is 31.7. The lowest BCUT2D eigenvalue weighted by Gasteiger charge is -2.31. The number of hydrogen-bond donors (Lipinski definition) is 0. The van der Waals surface area contributed by atoms with Gasteiger partial charge in [0.2, 0.25) is 0 Å². The van der Waals surface area contributed by atoms with Gasteiger partial charge in [-0.1, -0.05) is 190 Å². The topological polar surface area (TPSA) is 3.24 Å². The average molecular weight is 716 g/mol. The molecule has 0 fully saturated rings. The van der Waals surface area contributed by atoms with Crippen molar-refractivity contribution in [3.05, 3.63) is 223 Å². The number of nitrogens with zero attached hydrogens (tertiary/aromatic N) is 1. The van der Waals surface area contributed by atoms with E-state index in [9.17, 15) is 0 Å². The molecule has 0 saturated carbocycles. The molecule has 0 aromatic heterocycles. The van der Waals surface area contributed by atoms with Crippen molar-refractivity contribution in [2.24, 2.45) is 0 Å². The van der Waals surface area contributed by atoms with Crippen molar-refractivity contribution in [2.45, 2.75) is 19.3 Å². The molecule has 1 heteroatoms.